The van der Waals surface area contributed by atoms with E-state index in [9.17, 15) is 0 Å². The molecule has 0 amide bonds. The molecule has 0 saturated carbocycles. The van der Waals surface area contributed by atoms with Crippen molar-refractivity contribution in [1.82, 2.24) is 21.3 Å². The second kappa shape index (κ2) is 37.9. The van der Waals surface area contributed by atoms with Crippen molar-refractivity contribution in [2.24, 2.45) is 0 Å². The molecule has 4 N–H and O–H groups in total. The lowest BCUT2D eigenvalue weighted by molar-refractivity contribution is -0.0113. The molecule has 0 fully saturated rings. The molecule has 0 aromatic carbocycles. The minimum Gasteiger partial charge on any atom is -0.382 e. The van der Waals surface area contributed by atoms with Crippen LogP contribution in [0, 0.1) is 0 Å². The third kappa shape index (κ3) is 34.4. The van der Waals surface area contributed by atoms with Crippen LogP contribution in [0.15, 0.2) is 0 Å². The number of methoxy groups -OCH3 is 1. The monoisotopic (exact) mass is 617 g/mol. The molecule has 8 nitrogen and oxygen atoms in total. The quantitative estimate of drug-likeness (QED) is 0.0622. The first-order valence-electron chi connectivity index (χ1n) is 18.4. The Bertz CT molecular complexity index is 504. The largest absolute Gasteiger partial charge is 0.382 e. The van der Waals surface area contributed by atoms with Crippen LogP contribution in [0.3, 0.4) is 0 Å². The minimum absolute atomic E-state index is 0.132. The summed E-state index contributed by atoms with van der Waals surface area (Å²) in [5.74, 6) is 0. The predicted octanol–water partition coefficient (Wildman–Crippen LogP) is 6.08. The zero-order chi connectivity index (χ0) is 31.3. The first-order chi connectivity index (χ1) is 21.3. The van der Waals surface area contributed by atoms with Gasteiger partial charge in [0.2, 0.25) is 0 Å². The molecule has 43 heavy (non-hydrogen) atoms. The van der Waals surface area contributed by atoms with Crippen molar-refractivity contribution in [3.05, 3.63) is 0 Å². The van der Waals surface area contributed by atoms with Crippen molar-refractivity contribution >= 4 is 0 Å². The van der Waals surface area contributed by atoms with Crippen molar-refractivity contribution < 1.29 is 18.9 Å². The molecule has 0 aromatic rings. The van der Waals surface area contributed by atoms with E-state index in [2.05, 4.69) is 42.0 Å². The Morgan fingerprint density at radius 3 is 1.33 bits per heavy atom. The molecule has 8 heteroatoms. The molecule has 2 atom stereocenters. The average Bonchev–Trinajstić information content (AvgIpc) is 3.01. The van der Waals surface area contributed by atoms with Gasteiger partial charge in [0.1, 0.15) is 0 Å². The Morgan fingerprint density at radius 2 is 0.860 bits per heavy atom. The highest BCUT2D eigenvalue weighted by Crippen LogP contribution is 2.09. The van der Waals surface area contributed by atoms with E-state index < -0.39 is 0 Å². The van der Waals surface area contributed by atoms with Gasteiger partial charge in [-0.05, 0) is 19.8 Å². The van der Waals surface area contributed by atoms with E-state index in [1.54, 1.807) is 7.11 Å². The highest BCUT2D eigenvalue weighted by atomic mass is 16.5. The summed E-state index contributed by atoms with van der Waals surface area (Å²) in [5, 5.41) is 14.0. The van der Waals surface area contributed by atoms with E-state index in [1.807, 2.05) is 0 Å². The topological polar surface area (TPSA) is 85.0 Å². The fraction of sp³-hybridized carbons (Fsp3) is 1.00. The van der Waals surface area contributed by atoms with Gasteiger partial charge in [-0.3, -0.25) is 0 Å². The number of nitrogens with one attached hydrogen (secondary N) is 4. The molecule has 2 unspecified atom stereocenters. The normalized spacial score (nSPS) is 13.1. The van der Waals surface area contributed by atoms with Crippen LogP contribution in [0.5, 0.6) is 0 Å². The molecule has 0 rings (SSSR count). The van der Waals surface area contributed by atoms with Gasteiger partial charge in [-0.1, -0.05) is 104 Å². The molecule has 0 aromatic heterocycles. The van der Waals surface area contributed by atoms with Crippen molar-refractivity contribution in [2.75, 3.05) is 92.5 Å². The highest BCUT2D eigenvalue weighted by Gasteiger charge is 2.09. The van der Waals surface area contributed by atoms with Gasteiger partial charge in [0, 0.05) is 79.3 Å². The van der Waals surface area contributed by atoms with Gasteiger partial charge < -0.3 is 40.2 Å². The number of hydrogen-bond donors (Lipinski definition) is 4. The first kappa shape index (κ1) is 42.7. The Kier molecular flexibility index (Phi) is 37.6. The fourth-order valence-corrected chi connectivity index (χ4v) is 5.10. The lowest BCUT2D eigenvalue weighted by Gasteiger charge is -2.18. The Labute approximate surface area is 268 Å². The van der Waals surface area contributed by atoms with Gasteiger partial charge in [0.15, 0.2) is 0 Å². The second-order valence-electron chi connectivity index (χ2n) is 12.0. The number of rotatable bonds is 38. The summed E-state index contributed by atoms with van der Waals surface area (Å²) in [6.45, 7) is 17.7. The third-order valence-electron chi connectivity index (χ3n) is 7.73. The summed E-state index contributed by atoms with van der Waals surface area (Å²) in [5.41, 5.74) is 0. The Hall–Kier alpha value is -0.320. The SMILES string of the molecule is CCCCCCCCCCOCC(CNCCNCCNCCNCC(COC)OCCCCCCCCCC)OCC. The number of ether oxygens (including phenoxy) is 4. The summed E-state index contributed by atoms with van der Waals surface area (Å²) in [7, 11) is 1.75. The zero-order valence-electron chi connectivity index (χ0n) is 29.3. The predicted molar refractivity (Wildman–Crippen MR) is 185 cm³/mol. The zero-order valence-corrected chi connectivity index (χ0v) is 29.3. The van der Waals surface area contributed by atoms with Crippen LogP contribution in [0.25, 0.3) is 0 Å². The number of hydrogen-bond acceptors (Lipinski definition) is 8. The lowest BCUT2D eigenvalue weighted by Crippen LogP contribution is -2.39. The van der Waals surface area contributed by atoms with Gasteiger partial charge in [-0.25, -0.2) is 0 Å². The van der Waals surface area contributed by atoms with Crippen LogP contribution in [-0.2, 0) is 18.9 Å². The van der Waals surface area contributed by atoms with Gasteiger partial charge in [-0.15, -0.1) is 0 Å². The summed E-state index contributed by atoms with van der Waals surface area (Å²) < 4.78 is 23.2. The smallest absolute Gasteiger partial charge is 0.0932 e. The Morgan fingerprint density at radius 1 is 0.442 bits per heavy atom. The maximum Gasteiger partial charge on any atom is 0.0932 e. The average molecular weight is 617 g/mol. The summed E-state index contributed by atoms with van der Waals surface area (Å²) >= 11 is 0. The molecule has 0 aliphatic carbocycles. The fourth-order valence-electron chi connectivity index (χ4n) is 5.10. The van der Waals surface area contributed by atoms with Crippen LogP contribution in [-0.4, -0.2) is 105 Å². The van der Waals surface area contributed by atoms with E-state index in [-0.39, 0.29) is 12.2 Å². The van der Waals surface area contributed by atoms with Gasteiger partial charge >= 0.3 is 0 Å². The van der Waals surface area contributed by atoms with Crippen molar-refractivity contribution in [3.8, 4) is 0 Å². The van der Waals surface area contributed by atoms with E-state index in [1.165, 1.54) is 89.9 Å². The summed E-state index contributed by atoms with van der Waals surface area (Å²) in [4.78, 5) is 0. The maximum atomic E-state index is 6.06. The van der Waals surface area contributed by atoms with Crippen LogP contribution in [0.1, 0.15) is 124 Å². The first-order valence-corrected chi connectivity index (χ1v) is 18.4. The van der Waals surface area contributed by atoms with Gasteiger partial charge in [-0.2, -0.15) is 0 Å². The second-order valence-corrected chi connectivity index (χ2v) is 12.0. The Balaban J connectivity index is 3.55. The van der Waals surface area contributed by atoms with Crippen LogP contribution < -0.4 is 21.3 Å². The van der Waals surface area contributed by atoms with Crippen molar-refractivity contribution in [1.29, 1.82) is 0 Å². The minimum atomic E-state index is 0.132. The third-order valence-corrected chi connectivity index (χ3v) is 7.73. The van der Waals surface area contributed by atoms with E-state index in [0.717, 1.165) is 85.0 Å². The van der Waals surface area contributed by atoms with E-state index >= 15 is 0 Å². The molecule has 0 radical (unpaired) electrons. The van der Waals surface area contributed by atoms with E-state index in [4.69, 9.17) is 18.9 Å². The van der Waals surface area contributed by atoms with Crippen LogP contribution in [0.2, 0.25) is 0 Å². The van der Waals surface area contributed by atoms with Crippen LogP contribution >= 0.6 is 0 Å². The molecule has 0 aliphatic heterocycles. The maximum absolute atomic E-state index is 6.06. The molecule has 0 aliphatic rings. The highest BCUT2D eigenvalue weighted by molar-refractivity contribution is 4.64. The van der Waals surface area contributed by atoms with Crippen molar-refractivity contribution in [3.63, 3.8) is 0 Å². The summed E-state index contributed by atoms with van der Waals surface area (Å²) in [6.07, 6.45) is 21.5. The standard InChI is InChI=1S/C35H76N4O4/c1-5-8-10-12-14-16-18-20-28-41-33-35(42-7-3)31-39-27-25-37-23-22-36-24-26-38-30-34(32-40-4)43-29-21-19-17-15-13-11-9-6-2/h34-39H,5-33H2,1-4H3. The molecule has 0 spiro atoms. The summed E-state index contributed by atoms with van der Waals surface area (Å²) in [6, 6.07) is 0. The number of unbranched alkanes of at least 4 members (excludes halogenated alkanes) is 14. The van der Waals surface area contributed by atoms with Crippen molar-refractivity contribution in [2.45, 2.75) is 136 Å². The van der Waals surface area contributed by atoms with E-state index in [0.29, 0.717) is 13.2 Å². The molecule has 0 heterocycles. The molecule has 260 valence electrons. The van der Waals surface area contributed by atoms with Gasteiger partial charge in [0.25, 0.3) is 0 Å². The lowest BCUT2D eigenvalue weighted by atomic mass is 10.1. The molecule has 0 saturated heterocycles. The van der Waals surface area contributed by atoms with Crippen LogP contribution in [0.4, 0.5) is 0 Å². The molecule has 0 bridgehead atoms. The molecular weight excluding hydrogens is 540 g/mol. The molecular formula is C35H76N4O4. The van der Waals surface area contributed by atoms with Gasteiger partial charge in [0.05, 0.1) is 25.4 Å².